The summed E-state index contributed by atoms with van der Waals surface area (Å²) in [7, 11) is 0. The number of anilines is 1. The fourth-order valence-corrected chi connectivity index (χ4v) is 3.21. The van der Waals surface area contributed by atoms with Crippen LogP contribution in [0, 0.1) is 11.6 Å². The van der Waals surface area contributed by atoms with Gasteiger partial charge in [0.2, 0.25) is 5.91 Å². The standard InChI is InChI=1S/C19H19F2N3O2/c20-14-8-13(9-15(21)10-14)19(26)23-16-4-1-3-12(7-16)11-24-6-2-5-17(24)18(22)25/h1,3-4,7-10,17H,2,5-6,11H2,(H2,22,25)(H,23,26). The highest BCUT2D eigenvalue weighted by Gasteiger charge is 2.28. The summed E-state index contributed by atoms with van der Waals surface area (Å²) >= 11 is 0. The Labute approximate surface area is 149 Å². The van der Waals surface area contributed by atoms with Crippen molar-refractivity contribution in [3.05, 3.63) is 65.2 Å². The van der Waals surface area contributed by atoms with Crippen molar-refractivity contribution >= 4 is 17.5 Å². The van der Waals surface area contributed by atoms with Gasteiger partial charge in [0.15, 0.2) is 0 Å². The highest BCUT2D eigenvalue weighted by atomic mass is 19.1. The topological polar surface area (TPSA) is 75.4 Å². The molecule has 136 valence electrons. The number of benzene rings is 2. The molecule has 0 aliphatic carbocycles. The Balaban J connectivity index is 1.71. The Kier molecular flexibility index (Phi) is 5.27. The molecule has 0 spiro atoms. The number of carbonyl (C=O) groups is 2. The monoisotopic (exact) mass is 359 g/mol. The maximum absolute atomic E-state index is 13.3. The molecule has 7 heteroatoms. The molecule has 26 heavy (non-hydrogen) atoms. The maximum atomic E-state index is 13.3. The highest BCUT2D eigenvalue weighted by molar-refractivity contribution is 6.04. The van der Waals surface area contributed by atoms with Gasteiger partial charge in [-0.25, -0.2) is 8.78 Å². The maximum Gasteiger partial charge on any atom is 0.255 e. The van der Waals surface area contributed by atoms with Gasteiger partial charge in [-0.1, -0.05) is 12.1 Å². The van der Waals surface area contributed by atoms with Crippen LogP contribution in [0.2, 0.25) is 0 Å². The second-order valence-corrected chi connectivity index (χ2v) is 6.34. The van der Waals surface area contributed by atoms with Crippen molar-refractivity contribution in [2.45, 2.75) is 25.4 Å². The average Bonchev–Trinajstić information content (AvgIpc) is 3.02. The van der Waals surface area contributed by atoms with Gasteiger partial charge >= 0.3 is 0 Å². The molecule has 2 amide bonds. The molecule has 1 heterocycles. The molecule has 1 atom stereocenters. The lowest BCUT2D eigenvalue weighted by Crippen LogP contribution is -2.39. The second-order valence-electron chi connectivity index (χ2n) is 6.34. The number of hydrogen-bond donors (Lipinski definition) is 2. The summed E-state index contributed by atoms with van der Waals surface area (Å²) in [5.74, 6) is -2.55. The molecule has 0 radical (unpaired) electrons. The Hall–Kier alpha value is -2.80. The van der Waals surface area contributed by atoms with Crippen molar-refractivity contribution in [2.75, 3.05) is 11.9 Å². The minimum atomic E-state index is -0.810. The zero-order chi connectivity index (χ0) is 18.7. The number of nitrogens with one attached hydrogen (secondary N) is 1. The number of nitrogens with zero attached hydrogens (tertiary/aromatic N) is 1. The van der Waals surface area contributed by atoms with Gasteiger partial charge in [-0.05, 0) is 49.2 Å². The summed E-state index contributed by atoms with van der Waals surface area (Å²) < 4.78 is 26.5. The lowest BCUT2D eigenvalue weighted by Gasteiger charge is -2.22. The molecule has 2 aromatic carbocycles. The summed E-state index contributed by atoms with van der Waals surface area (Å²) in [6.07, 6.45) is 1.66. The Morgan fingerprint density at radius 2 is 1.88 bits per heavy atom. The molecule has 1 aliphatic heterocycles. The minimum absolute atomic E-state index is 0.0961. The number of nitrogens with two attached hydrogens (primary N) is 1. The molecule has 3 rings (SSSR count). The molecule has 0 aromatic heterocycles. The van der Waals surface area contributed by atoms with E-state index < -0.39 is 17.5 Å². The van der Waals surface area contributed by atoms with Gasteiger partial charge in [0.05, 0.1) is 6.04 Å². The first-order valence-corrected chi connectivity index (χ1v) is 8.32. The average molecular weight is 359 g/mol. The largest absolute Gasteiger partial charge is 0.368 e. The van der Waals surface area contributed by atoms with E-state index in [4.69, 9.17) is 5.73 Å². The molecule has 0 saturated carbocycles. The van der Waals surface area contributed by atoms with E-state index in [1.165, 1.54) is 0 Å². The third kappa shape index (κ3) is 4.23. The van der Waals surface area contributed by atoms with E-state index in [-0.39, 0.29) is 17.5 Å². The van der Waals surface area contributed by atoms with Crippen molar-refractivity contribution in [1.82, 2.24) is 4.90 Å². The van der Waals surface area contributed by atoms with Crippen molar-refractivity contribution in [3.8, 4) is 0 Å². The van der Waals surface area contributed by atoms with Crippen LogP contribution < -0.4 is 11.1 Å². The normalized spacial score (nSPS) is 17.2. The predicted octanol–water partition coefficient (Wildman–Crippen LogP) is 2.67. The van der Waals surface area contributed by atoms with Crippen molar-refractivity contribution in [2.24, 2.45) is 5.73 Å². The highest BCUT2D eigenvalue weighted by Crippen LogP contribution is 2.21. The van der Waals surface area contributed by atoms with E-state index in [0.717, 1.165) is 37.1 Å². The van der Waals surface area contributed by atoms with Gasteiger partial charge in [-0.15, -0.1) is 0 Å². The van der Waals surface area contributed by atoms with Crippen LogP contribution in [0.5, 0.6) is 0 Å². The summed E-state index contributed by atoms with van der Waals surface area (Å²) in [6.45, 7) is 1.32. The molecule has 2 aromatic rings. The fraction of sp³-hybridized carbons (Fsp3) is 0.263. The van der Waals surface area contributed by atoms with Crippen molar-refractivity contribution in [3.63, 3.8) is 0 Å². The molecular formula is C19H19F2N3O2. The van der Waals surface area contributed by atoms with E-state index in [2.05, 4.69) is 5.32 Å². The molecule has 1 fully saturated rings. The molecule has 1 saturated heterocycles. The molecule has 1 unspecified atom stereocenters. The lowest BCUT2D eigenvalue weighted by molar-refractivity contribution is -0.122. The molecule has 1 aliphatic rings. The Morgan fingerprint density at radius 3 is 2.58 bits per heavy atom. The lowest BCUT2D eigenvalue weighted by atomic mass is 10.1. The van der Waals surface area contributed by atoms with Crippen LogP contribution >= 0.6 is 0 Å². The van der Waals surface area contributed by atoms with Crippen LogP contribution in [0.1, 0.15) is 28.8 Å². The quantitative estimate of drug-likeness (QED) is 0.862. The van der Waals surface area contributed by atoms with Crippen LogP contribution in [0.3, 0.4) is 0 Å². The smallest absolute Gasteiger partial charge is 0.255 e. The van der Waals surface area contributed by atoms with Crippen LogP contribution in [-0.4, -0.2) is 29.3 Å². The van der Waals surface area contributed by atoms with Gasteiger partial charge in [0.25, 0.3) is 5.91 Å². The number of halogens is 2. The third-order valence-corrected chi connectivity index (χ3v) is 4.39. The molecule has 3 N–H and O–H groups in total. The first kappa shape index (κ1) is 18.0. The van der Waals surface area contributed by atoms with E-state index in [9.17, 15) is 18.4 Å². The van der Waals surface area contributed by atoms with E-state index in [0.29, 0.717) is 18.3 Å². The van der Waals surface area contributed by atoms with Gasteiger partial charge in [-0.2, -0.15) is 0 Å². The fourth-order valence-electron chi connectivity index (χ4n) is 3.21. The minimum Gasteiger partial charge on any atom is -0.368 e. The Bertz CT molecular complexity index is 821. The second kappa shape index (κ2) is 7.61. The number of amides is 2. The Morgan fingerprint density at radius 1 is 1.15 bits per heavy atom. The summed E-state index contributed by atoms with van der Waals surface area (Å²) in [5, 5.41) is 2.63. The first-order chi connectivity index (χ1) is 12.4. The van der Waals surface area contributed by atoms with Gasteiger partial charge < -0.3 is 11.1 Å². The van der Waals surface area contributed by atoms with Crippen molar-refractivity contribution in [1.29, 1.82) is 0 Å². The number of hydrogen-bond acceptors (Lipinski definition) is 3. The molecule has 5 nitrogen and oxygen atoms in total. The summed E-state index contributed by atoms with van der Waals surface area (Å²) in [6, 6.07) is 9.50. The zero-order valence-corrected chi connectivity index (χ0v) is 14.0. The van der Waals surface area contributed by atoms with Crippen LogP contribution in [0.25, 0.3) is 0 Å². The zero-order valence-electron chi connectivity index (χ0n) is 14.0. The van der Waals surface area contributed by atoms with Crippen LogP contribution in [0.4, 0.5) is 14.5 Å². The first-order valence-electron chi connectivity index (χ1n) is 8.32. The van der Waals surface area contributed by atoms with E-state index >= 15 is 0 Å². The van der Waals surface area contributed by atoms with Gasteiger partial charge in [0.1, 0.15) is 11.6 Å². The van der Waals surface area contributed by atoms with Crippen LogP contribution in [-0.2, 0) is 11.3 Å². The SMILES string of the molecule is NC(=O)C1CCCN1Cc1cccc(NC(=O)c2cc(F)cc(F)c2)c1. The number of carbonyl (C=O) groups excluding carboxylic acids is 2. The predicted molar refractivity (Wildman–Crippen MR) is 93.4 cm³/mol. The van der Waals surface area contributed by atoms with Crippen LogP contribution in [0.15, 0.2) is 42.5 Å². The third-order valence-electron chi connectivity index (χ3n) is 4.39. The van der Waals surface area contributed by atoms with Crippen molar-refractivity contribution < 1.29 is 18.4 Å². The molecule has 0 bridgehead atoms. The number of likely N-dealkylation sites (tertiary alicyclic amines) is 1. The molecular weight excluding hydrogens is 340 g/mol. The van der Waals surface area contributed by atoms with E-state index in [1.54, 1.807) is 18.2 Å². The number of rotatable bonds is 5. The summed E-state index contributed by atoms with van der Waals surface area (Å²) in [4.78, 5) is 25.7. The summed E-state index contributed by atoms with van der Waals surface area (Å²) in [5.41, 5.74) is 6.74. The van der Waals surface area contributed by atoms with Gasteiger partial charge in [0, 0.05) is 23.9 Å². The van der Waals surface area contributed by atoms with E-state index in [1.807, 2.05) is 11.0 Å². The number of primary amides is 1. The van der Waals surface area contributed by atoms with Gasteiger partial charge in [-0.3, -0.25) is 14.5 Å².